The van der Waals surface area contributed by atoms with Crippen molar-refractivity contribution in [1.29, 1.82) is 0 Å². The lowest BCUT2D eigenvalue weighted by Crippen LogP contribution is -2.41. The molecule has 0 aliphatic carbocycles. The molecule has 1 fully saturated rings. The number of amides is 2. The summed E-state index contributed by atoms with van der Waals surface area (Å²) in [4.78, 5) is 26.9. The standard InChI is InChI=1S/C25H33N3O5S/c1-18-6-7-19(2)23(17-18)33-16-4-3-5-24(29)28-14-12-20(13-15-28)25(30)27-21-8-10-22(11-9-21)34(26,31)32/h6-11,17,20H,3-5,12-16H2,1-2H3,(H,27,30)(H2,26,31,32). The molecule has 184 valence electrons. The molecule has 9 heteroatoms. The smallest absolute Gasteiger partial charge is 0.238 e. The van der Waals surface area contributed by atoms with Crippen LogP contribution in [0.1, 0.15) is 43.2 Å². The molecular weight excluding hydrogens is 454 g/mol. The fourth-order valence-electron chi connectivity index (χ4n) is 3.94. The zero-order valence-electron chi connectivity index (χ0n) is 19.7. The monoisotopic (exact) mass is 487 g/mol. The largest absolute Gasteiger partial charge is 0.493 e. The first-order valence-electron chi connectivity index (χ1n) is 11.5. The van der Waals surface area contributed by atoms with Crippen molar-refractivity contribution in [2.24, 2.45) is 11.1 Å². The normalized spacial score (nSPS) is 14.6. The quantitative estimate of drug-likeness (QED) is 0.526. The van der Waals surface area contributed by atoms with Gasteiger partial charge in [-0.2, -0.15) is 0 Å². The van der Waals surface area contributed by atoms with E-state index in [0.717, 1.165) is 29.7 Å². The third kappa shape index (κ3) is 7.30. The minimum Gasteiger partial charge on any atom is -0.493 e. The van der Waals surface area contributed by atoms with Crippen molar-refractivity contribution in [3.8, 4) is 5.75 Å². The fraction of sp³-hybridized carbons (Fsp3) is 0.440. The van der Waals surface area contributed by atoms with E-state index in [0.29, 0.717) is 44.6 Å². The van der Waals surface area contributed by atoms with Crippen LogP contribution in [0.4, 0.5) is 5.69 Å². The maximum atomic E-state index is 12.6. The molecule has 3 rings (SSSR count). The number of carbonyl (C=O) groups is 2. The highest BCUT2D eigenvalue weighted by Gasteiger charge is 2.27. The molecule has 0 spiro atoms. The number of likely N-dealkylation sites (tertiary alicyclic amines) is 1. The van der Waals surface area contributed by atoms with Gasteiger partial charge in [0.1, 0.15) is 5.75 Å². The molecule has 1 saturated heterocycles. The second-order valence-electron chi connectivity index (χ2n) is 8.79. The molecule has 2 aromatic carbocycles. The number of carbonyl (C=O) groups excluding carboxylic acids is 2. The Morgan fingerprint density at radius 2 is 1.74 bits per heavy atom. The van der Waals surface area contributed by atoms with Gasteiger partial charge in [0.25, 0.3) is 0 Å². The van der Waals surface area contributed by atoms with Crippen molar-refractivity contribution < 1.29 is 22.7 Å². The number of hydrogen-bond acceptors (Lipinski definition) is 5. The van der Waals surface area contributed by atoms with Gasteiger partial charge in [0.15, 0.2) is 0 Å². The third-order valence-corrected chi connectivity index (χ3v) is 6.98. The Morgan fingerprint density at radius 1 is 1.06 bits per heavy atom. The Hall–Kier alpha value is -2.91. The van der Waals surface area contributed by atoms with Gasteiger partial charge in [-0.1, -0.05) is 12.1 Å². The van der Waals surface area contributed by atoms with Crippen LogP contribution in [0, 0.1) is 19.8 Å². The number of nitrogens with two attached hydrogens (primary N) is 1. The molecule has 0 aromatic heterocycles. The first-order chi connectivity index (χ1) is 16.1. The van der Waals surface area contributed by atoms with Crippen molar-refractivity contribution in [3.05, 3.63) is 53.6 Å². The van der Waals surface area contributed by atoms with Crippen LogP contribution < -0.4 is 15.2 Å². The van der Waals surface area contributed by atoms with Gasteiger partial charge in [-0.05, 0) is 81.0 Å². The molecule has 0 unspecified atom stereocenters. The summed E-state index contributed by atoms with van der Waals surface area (Å²) < 4.78 is 28.5. The van der Waals surface area contributed by atoms with Crippen molar-refractivity contribution in [1.82, 2.24) is 4.90 Å². The number of ether oxygens (including phenoxy) is 1. The predicted molar refractivity (Wildman–Crippen MR) is 131 cm³/mol. The molecule has 0 radical (unpaired) electrons. The maximum Gasteiger partial charge on any atom is 0.238 e. The highest BCUT2D eigenvalue weighted by atomic mass is 32.2. The second-order valence-corrected chi connectivity index (χ2v) is 10.3. The molecule has 2 amide bonds. The van der Waals surface area contributed by atoms with Gasteiger partial charge >= 0.3 is 0 Å². The van der Waals surface area contributed by atoms with Gasteiger partial charge in [-0.15, -0.1) is 0 Å². The van der Waals surface area contributed by atoms with Crippen molar-refractivity contribution in [3.63, 3.8) is 0 Å². The lowest BCUT2D eigenvalue weighted by molar-refractivity contribution is -0.134. The molecule has 0 atom stereocenters. The van der Waals surface area contributed by atoms with E-state index in [1.165, 1.54) is 24.3 Å². The number of anilines is 1. The van der Waals surface area contributed by atoms with E-state index in [4.69, 9.17) is 9.88 Å². The van der Waals surface area contributed by atoms with Crippen LogP contribution in [0.5, 0.6) is 5.75 Å². The van der Waals surface area contributed by atoms with Gasteiger partial charge in [-0.3, -0.25) is 9.59 Å². The molecule has 1 heterocycles. The van der Waals surface area contributed by atoms with Crippen LogP contribution >= 0.6 is 0 Å². The lowest BCUT2D eigenvalue weighted by atomic mass is 9.95. The summed E-state index contributed by atoms with van der Waals surface area (Å²) in [5.74, 6) is 0.697. The average molecular weight is 488 g/mol. The SMILES string of the molecule is Cc1ccc(C)c(OCCCCC(=O)N2CCC(C(=O)Nc3ccc(S(N)(=O)=O)cc3)CC2)c1. The van der Waals surface area contributed by atoms with Crippen molar-refractivity contribution in [2.75, 3.05) is 25.0 Å². The maximum absolute atomic E-state index is 12.6. The molecule has 0 bridgehead atoms. The summed E-state index contributed by atoms with van der Waals surface area (Å²) in [7, 11) is -3.77. The van der Waals surface area contributed by atoms with E-state index in [1.807, 2.05) is 30.9 Å². The lowest BCUT2D eigenvalue weighted by Gasteiger charge is -2.31. The van der Waals surface area contributed by atoms with E-state index in [9.17, 15) is 18.0 Å². The molecule has 34 heavy (non-hydrogen) atoms. The predicted octanol–water partition coefficient (Wildman–Crippen LogP) is 3.38. The van der Waals surface area contributed by atoms with Crippen LogP contribution in [0.25, 0.3) is 0 Å². The molecular formula is C25H33N3O5S. The molecule has 2 aromatic rings. The van der Waals surface area contributed by atoms with E-state index < -0.39 is 10.0 Å². The summed E-state index contributed by atoms with van der Waals surface area (Å²) in [5, 5.41) is 7.90. The molecule has 1 aliphatic rings. The van der Waals surface area contributed by atoms with Crippen LogP contribution in [0.3, 0.4) is 0 Å². The number of primary sulfonamides is 1. The number of piperidine rings is 1. The van der Waals surface area contributed by atoms with Gasteiger partial charge in [0, 0.05) is 31.1 Å². The zero-order valence-corrected chi connectivity index (χ0v) is 20.6. The van der Waals surface area contributed by atoms with Crippen LogP contribution in [0.15, 0.2) is 47.4 Å². The van der Waals surface area contributed by atoms with Gasteiger partial charge in [0.05, 0.1) is 11.5 Å². The Morgan fingerprint density at radius 3 is 2.38 bits per heavy atom. The number of sulfonamides is 1. The topological polar surface area (TPSA) is 119 Å². The zero-order chi connectivity index (χ0) is 24.7. The molecule has 0 saturated carbocycles. The summed E-state index contributed by atoms with van der Waals surface area (Å²) in [6.45, 7) is 5.75. The minimum absolute atomic E-state index is 0.00541. The minimum atomic E-state index is -3.77. The first-order valence-corrected chi connectivity index (χ1v) is 13.1. The van der Waals surface area contributed by atoms with E-state index >= 15 is 0 Å². The van der Waals surface area contributed by atoms with Crippen molar-refractivity contribution >= 4 is 27.5 Å². The number of hydrogen-bond donors (Lipinski definition) is 2. The van der Waals surface area contributed by atoms with Gasteiger partial charge in [0.2, 0.25) is 21.8 Å². The molecule has 1 aliphatic heterocycles. The number of nitrogens with zero attached hydrogens (tertiary/aromatic N) is 1. The fourth-order valence-corrected chi connectivity index (χ4v) is 4.46. The summed E-state index contributed by atoms with van der Waals surface area (Å²) in [5.41, 5.74) is 2.78. The molecule has 3 N–H and O–H groups in total. The van der Waals surface area contributed by atoms with Crippen LogP contribution in [-0.2, 0) is 19.6 Å². The van der Waals surface area contributed by atoms with Crippen LogP contribution in [-0.4, -0.2) is 44.8 Å². The van der Waals surface area contributed by atoms with Gasteiger partial charge < -0.3 is 15.0 Å². The highest BCUT2D eigenvalue weighted by molar-refractivity contribution is 7.89. The number of aryl methyl sites for hydroxylation is 2. The van der Waals surface area contributed by atoms with E-state index in [-0.39, 0.29) is 22.6 Å². The third-order valence-electron chi connectivity index (χ3n) is 6.06. The summed E-state index contributed by atoms with van der Waals surface area (Å²) in [6.07, 6.45) is 3.25. The van der Waals surface area contributed by atoms with E-state index in [1.54, 1.807) is 0 Å². The second kappa shape index (κ2) is 11.5. The number of unbranched alkanes of at least 4 members (excludes halogenated alkanes) is 1. The number of benzene rings is 2. The molecule has 8 nitrogen and oxygen atoms in total. The first kappa shape index (κ1) is 25.7. The Bertz CT molecular complexity index is 1110. The average Bonchev–Trinajstić information content (AvgIpc) is 2.80. The Kier molecular flexibility index (Phi) is 8.68. The van der Waals surface area contributed by atoms with Gasteiger partial charge in [-0.25, -0.2) is 13.6 Å². The Labute approximate surface area is 201 Å². The highest BCUT2D eigenvalue weighted by Crippen LogP contribution is 2.22. The number of nitrogens with one attached hydrogen (secondary N) is 1. The summed E-state index contributed by atoms with van der Waals surface area (Å²) >= 11 is 0. The van der Waals surface area contributed by atoms with Crippen LogP contribution in [0.2, 0.25) is 0 Å². The Balaban J connectivity index is 1.35. The van der Waals surface area contributed by atoms with E-state index in [2.05, 4.69) is 11.4 Å². The number of rotatable bonds is 9. The van der Waals surface area contributed by atoms with Crippen molar-refractivity contribution in [2.45, 2.75) is 50.8 Å². The summed E-state index contributed by atoms with van der Waals surface area (Å²) in [6, 6.07) is 11.9.